The number of methoxy groups -OCH3 is 1. The van der Waals surface area contributed by atoms with Gasteiger partial charge in [0.05, 0.1) is 24.7 Å². The third-order valence-corrected chi connectivity index (χ3v) is 5.03. The Bertz CT molecular complexity index is 556. The van der Waals surface area contributed by atoms with E-state index in [0.717, 1.165) is 44.8 Å². The van der Waals surface area contributed by atoms with Gasteiger partial charge in [-0.15, -0.1) is 0 Å². The van der Waals surface area contributed by atoms with Gasteiger partial charge in [-0.3, -0.25) is 4.90 Å². The highest BCUT2D eigenvalue weighted by atomic mass is 32.2. The van der Waals surface area contributed by atoms with Gasteiger partial charge in [0.15, 0.2) is 0 Å². The molecule has 1 saturated heterocycles. The Morgan fingerprint density at radius 1 is 1.32 bits per heavy atom. The van der Waals surface area contributed by atoms with E-state index < -0.39 is 10.0 Å². The van der Waals surface area contributed by atoms with Gasteiger partial charge in [-0.1, -0.05) is 12.1 Å². The highest BCUT2D eigenvalue weighted by Gasteiger charge is 2.14. The smallest absolute Gasteiger partial charge is 0.240 e. The van der Waals surface area contributed by atoms with E-state index in [1.165, 1.54) is 0 Å². The van der Waals surface area contributed by atoms with Crippen molar-refractivity contribution >= 4 is 10.0 Å². The summed E-state index contributed by atoms with van der Waals surface area (Å²) >= 11 is 0. The average Bonchev–Trinajstić information content (AvgIpc) is 2.53. The van der Waals surface area contributed by atoms with E-state index in [0.29, 0.717) is 13.2 Å². The first-order valence-electron chi connectivity index (χ1n) is 7.49. The fourth-order valence-electron chi connectivity index (χ4n) is 2.39. The SMILES string of the molecule is COCc1cccc(S(=O)(=O)NCCCN2CCOCC2)c1. The summed E-state index contributed by atoms with van der Waals surface area (Å²) in [6.07, 6.45) is 0.789. The topological polar surface area (TPSA) is 67.9 Å². The quantitative estimate of drug-likeness (QED) is 0.716. The van der Waals surface area contributed by atoms with Crippen LogP contribution in [0.3, 0.4) is 0 Å². The average molecular weight is 328 g/mol. The third kappa shape index (κ3) is 5.33. The summed E-state index contributed by atoms with van der Waals surface area (Å²) in [7, 11) is -1.86. The molecule has 1 heterocycles. The fraction of sp³-hybridized carbons (Fsp3) is 0.600. The van der Waals surface area contributed by atoms with Crippen LogP contribution in [-0.2, 0) is 26.1 Å². The maximum Gasteiger partial charge on any atom is 0.240 e. The number of hydrogen-bond acceptors (Lipinski definition) is 5. The Morgan fingerprint density at radius 3 is 2.82 bits per heavy atom. The largest absolute Gasteiger partial charge is 0.380 e. The second-order valence-electron chi connectivity index (χ2n) is 5.29. The maximum atomic E-state index is 12.3. The summed E-state index contributed by atoms with van der Waals surface area (Å²) in [5.41, 5.74) is 0.846. The standard InChI is InChI=1S/C15H24N2O4S/c1-20-13-14-4-2-5-15(12-14)22(18,19)16-6-3-7-17-8-10-21-11-9-17/h2,4-5,12,16H,3,6-11,13H2,1H3. The minimum absolute atomic E-state index is 0.286. The van der Waals surface area contributed by atoms with Crippen LogP contribution in [0.25, 0.3) is 0 Å². The molecule has 0 aromatic heterocycles. The molecule has 1 aromatic carbocycles. The molecule has 0 atom stereocenters. The number of sulfonamides is 1. The molecule has 0 amide bonds. The lowest BCUT2D eigenvalue weighted by Gasteiger charge is -2.26. The summed E-state index contributed by atoms with van der Waals surface area (Å²) in [6.45, 7) is 5.10. The molecule has 1 aromatic rings. The van der Waals surface area contributed by atoms with Gasteiger partial charge >= 0.3 is 0 Å². The van der Waals surface area contributed by atoms with E-state index in [9.17, 15) is 8.42 Å². The van der Waals surface area contributed by atoms with Gasteiger partial charge in [0.2, 0.25) is 10.0 Å². The van der Waals surface area contributed by atoms with E-state index in [-0.39, 0.29) is 4.90 Å². The normalized spacial score (nSPS) is 16.8. The Labute approximate surface area is 132 Å². The molecule has 7 heteroatoms. The Kier molecular flexibility index (Phi) is 6.78. The molecule has 6 nitrogen and oxygen atoms in total. The van der Waals surface area contributed by atoms with Crippen LogP contribution in [0.2, 0.25) is 0 Å². The second kappa shape index (κ2) is 8.59. The van der Waals surface area contributed by atoms with Crippen LogP contribution in [0.1, 0.15) is 12.0 Å². The summed E-state index contributed by atoms with van der Waals surface area (Å²) in [5, 5.41) is 0. The summed E-state index contributed by atoms with van der Waals surface area (Å²) < 4.78 is 37.5. The number of benzene rings is 1. The molecule has 0 radical (unpaired) electrons. The zero-order valence-corrected chi connectivity index (χ0v) is 13.8. The maximum absolute atomic E-state index is 12.3. The highest BCUT2D eigenvalue weighted by Crippen LogP contribution is 2.12. The van der Waals surface area contributed by atoms with Gasteiger partial charge in [0.25, 0.3) is 0 Å². The fourth-order valence-corrected chi connectivity index (χ4v) is 3.53. The molecule has 1 N–H and O–H groups in total. The number of nitrogens with one attached hydrogen (secondary N) is 1. The monoisotopic (exact) mass is 328 g/mol. The van der Waals surface area contributed by atoms with Gasteiger partial charge in [0.1, 0.15) is 0 Å². The van der Waals surface area contributed by atoms with Crippen LogP contribution in [-0.4, -0.2) is 59.8 Å². The Morgan fingerprint density at radius 2 is 2.09 bits per heavy atom. The molecule has 0 saturated carbocycles. The van der Waals surface area contributed by atoms with Gasteiger partial charge in [-0.05, 0) is 30.7 Å². The van der Waals surface area contributed by atoms with E-state index in [4.69, 9.17) is 9.47 Å². The predicted molar refractivity (Wildman–Crippen MR) is 84.2 cm³/mol. The summed E-state index contributed by atoms with van der Waals surface area (Å²) in [4.78, 5) is 2.57. The molecule has 1 aliphatic heterocycles. The molecular formula is C15H24N2O4S. The molecule has 1 fully saturated rings. The lowest BCUT2D eigenvalue weighted by molar-refractivity contribution is 0.0376. The first kappa shape index (κ1) is 17.4. The van der Waals surface area contributed by atoms with E-state index >= 15 is 0 Å². The van der Waals surface area contributed by atoms with Gasteiger partial charge in [-0.2, -0.15) is 0 Å². The molecule has 1 aliphatic rings. The van der Waals surface area contributed by atoms with Gasteiger partial charge in [0, 0.05) is 26.7 Å². The van der Waals surface area contributed by atoms with Crippen LogP contribution < -0.4 is 4.72 Å². The van der Waals surface area contributed by atoms with Crippen LogP contribution in [0.4, 0.5) is 0 Å². The van der Waals surface area contributed by atoms with Crippen molar-refractivity contribution in [3.8, 4) is 0 Å². The van der Waals surface area contributed by atoms with Crippen molar-refractivity contribution in [1.29, 1.82) is 0 Å². The van der Waals surface area contributed by atoms with Crippen LogP contribution in [0.15, 0.2) is 29.2 Å². The van der Waals surface area contributed by atoms with Crippen LogP contribution in [0.5, 0.6) is 0 Å². The lowest BCUT2D eigenvalue weighted by Crippen LogP contribution is -2.38. The van der Waals surface area contributed by atoms with E-state index in [1.807, 2.05) is 6.07 Å². The van der Waals surface area contributed by atoms with Crippen molar-refractivity contribution in [3.05, 3.63) is 29.8 Å². The van der Waals surface area contributed by atoms with Gasteiger partial charge < -0.3 is 9.47 Å². The van der Waals surface area contributed by atoms with Crippen molar-refractivity contribution in [2.75, 3.05) is 46.5 Å². The Balaban J connectivity index is 1.81. The van der Waals surface area contributed by atoms with E-state index in [1.54, 1.807) is 25.3 Å². The molecule has 0 unspecified atom stereocenters. The number of hydrogen-bond donors (Lipinski definition) is 1. The summed E-state index contributed by atoms with van der Waals surface area (Å²) in [5.74, 6) is 0. The molecule has 22 heavy (non-hydrogen) atoms. The number of nitrogens with zero attached hydrogens (tertiary/aromatic N) is 1. The zero-order valence-electron chi connectivity index (χ0n) is 13.0. The van der Waals surface area contributed by atoms with Gasteiger partial charge in [-0.25, -0.2) is 13.1 Å². The van der Waals surface area contributed by atoms with Crippen molar-refractivity contribution in [3.63, 3.8) is 0 Å². The third-order valence-electron chi connectivity index (χ3n) is 3.57. The molecule has 2 rings (SSSR count). The molecule has 0 spiro atoms. The van der Waals surface area contributed by atoms with E-state index in [2.05, 4.69) is 9.62 Å². The van der Waals surface area contributed by atoms with Crippen molar-refractivity contribution in [2.24, 2.45) is 0 Å². The Hall–Kier alpha value is -0.990. The minimum atomic E-state index is -3.45. The highest BCUT2D eigenvalue weighted by molar-refractivity contribution is 7.89. The lowest BCUT2D eigenvalue weighted by atomic mass is 10.2. The van der Waals surface area contributed by atoms with Crippen LogP contribution in [0, 0.1) is 0 Å². The summed E-state index contributed by atoms with van der Waals surface area (Å²) in [6, 6.07) is 6.83. The molecule has 0 bridgehead atoms. The zero-order chi connectivity index (χ0) is 15.8. The van der Waals surface area contributed by atoms with Crippen molar-refractivity contribution in [1.82, 2.24) is 9.62 Å². The van der Waals surface area contributed by atoms with Crippen LogP contribution >= 0.6 is 0 Å². The van der Waals surface area contributed by atoms with Crippen molar-refractivity contribution in [2.45, 2.75) is 17.9 Å². The predicted octanol–water partition coefficient (Wildman–Crippen LogP) is 0.834. The van der Waals surface area contributed by atoms with Crippen molar-refractivity contribution < 1.29 is 17.9 Å². The number of rotatable bonds is 8. The number of ether oxygens (including phenoxy) is 2. The second-order valence-corrected chi connectivity index (χ2v) is 7.05. The minimum Gasteiger partial charge on any atom is -0.380 e. The molecular weight excluding hydrogens is 304 g/mol. The molecule has 0 aliphatic carbocycles. The first-order valence-corrected chi connectivity index (χ1v) is 8.98. The number of morpholine rings is 1. The first-order chi connectivity index (χ1) is 10.6. The molecule has 124 valence electrons.